The molecule has 192 valence electrons. The van der Waals surface area contributed by atoms with Gasteiger partial charge in [0, 0.05) is 30.9 Å². The summed E-state index contributed by atoms with van der Waals surface area (Å²) in [7, 11) is 3.08. The van der Waals surface area contributed by atoms with Gasteiger partial charge < -0.3 is 24.4 Å². The first-order valence-corrected chi connectivity index (χ1v) is 13.4. The van der Waals surface area contributed by atoms with E-state index in [2.05, 4.69) is 5.32 Å². The molecule has 0 atom stereocenters. The van der Waals surface area contributed by atoms with Crippen molar-refractivity contribution in [1.29, 1.82) is 0 Å². The lowest BCUT2D eigenvalue weighted by atomic mass is 10.1. The number of rotatable bonds is 8. The first-order chi connectivity index (χ1) is 17.4. The van der Waals surface area contributed by atoms with E-state index in [1.165, 1.54) is 30.2 Å². The molecule has 0 aliphatic carbocycles. The number of hydrogen-bond acceptors (Lipinski definition) is 9. The molecule has 10 nitrogen and oxygen atoms in total. The standard InChI is InChI=1S/C24H28N4O6S2/c1-4-34-24(31)27-10-7-16(8-11-27)28-22(30)21-17(9-12-35-21)26-23(28)36-14-20(29)25-15-5-6-18(32-2)19(13-15)33-3/h5-6,9,12-13,16H,4,7-8,10-11,14H2,1-3H3,(H,25,29). The lowest BCUT2D eigenvalue weighted by Crippen LogP contribution is -2.41. The topological polar surface area (TPSA) is 112 Å². The van der Waals surface area contributed by atoms with Crippen molar-refractivity contribution in [3.63, 3.8) is 0 Å². The maximum Gasteiger partial charge on any atom is 0.409 e. The number of likely N-dealkylation sites (tertiary alicyclic amines) is 1. The monoisotopic (exact) mass is 532 g/mol. The van der Waals surface area contributed by atoms with Crippen molar-refractivity contribution in [2.24, 2.45) is 0 Å². The van der Waals surface area contributed by atoms with Crippen molar-refractivity contribution in [2.75, 3.05) is 45.0 Å². The van der Waals surface area contributed by atoms with Gasteiger partial charge in [0.1, 0.15) is 4.70 Å². The molecule has 0 spiro atoms. The summed E-state index contributed by atoms with van der Waals surface area (Å²) in [4.78, 5) is 44.5. The number of methoxy groups -OCH3 is 2. The summed E-state index contributed by atoms with van der Waals surface area (Å²) in [5, 5.41) is 5.17. The Hall–Kier alpha value is -3.25. The minimum absolute atomic E-state index is 0.0676. The molecule has 4 rings (SSSR count). The van der Waals surface area contributed by atoms with Gasteiger partial charge >= 0.3 is 6.09 Å². The van der Waals surface area contributed by atoms with Crippen LogP contribution in [0.15, 0.2) is 39.6 Å². The number of fused-ring (bicyclic) bond motifs is 1. The highest BCUT2D eigenvalue weighted by Crippen LogP contribution is 2.31. The zero-order chi connectivity index (χ0) is 25.7. The van der Waals surface area contributed by atoms with E-state index in [0.29, 0.717) is 65.1 Å². The summed E-state index contributed by atoms with van der Waals surface area (Å²) in [5.41, 5.74) is 1.07. The number of piperidine rings is 1. The van der Waals surface area contributed by atoms with E-state index in [-0.39, 0.29) is 29.4 Å². The van der Waals surface area contributed by atoms with Crippen molar-refractivity contribution in [2.45, 2.75) is 31.0 Å². The molecule has 1 N–H and O–H groups in total. The average molecular weight is 533 g/mol. The molecule has 0 radical (unpaired) electrons. The molecule has 1 aliphatic heterocycles. The molecule has 1 fully saturated rings. The number of nitrogens with one attached hydrogen (secondary N) is 1. The zero-order valence-electron chi connectivity index (χ0n) is 20.3. The molecule has 1 saturated heterocycles. The highest BCUT2D eigenvalue weighted by Gasteiger charge is 2.28. The van der Waals surface area contributed by atoms with E-state index in [9.17, 15) is 14.4 Å². The van der Waals surface area contributed by atoms with Crippen LogP contribution in [-0.4, -0.2) is 66.1 Å². The molecule has 2 amide bonds. The van der Waals surface area contributed by atoms with E-state index < -0.39 is 0 Å². The molecule has 12 heteroatoms. The maximum atomic E-state index is 13.4. The zero-order valence-corrected chi connectivity index (χ0v) is 21.9. The van der Waals surface area contributed by atoms with Gasteiger partial charge in [-0.15, -0.1) is 11.3 Å². The van der Waals surface area contributed by atoms with Crippen LogP contribution in [0.2, 0.25) is 0 Å². The van der Waals surface area contributed by atoms with Gasteiger partial charge in [-0.2, -0.15) is 0 Å². The SMILES string of the molecule is CCOC(=O)N1CCC(n2c(SCC(=O)Nc3ccc(OC)c(OC)c3)nc3ccsc3c2=O)CC1. The van der Waals surface area contributed by atoms with Gasteiger partial charge in [-0.25, -0.2) is 9.78 Å². The first-order valence-electron chi connectivity index (χ1n) is 11.5. The number of thiophene rings is 1. The molecule has 3 aromatic rings. The quantitative estimate of drug-likeness (QED) is 0.342. The number of aromatic nitrogens is 2. The van der Waals surface area contributed by atoms with E-state index in [1.54, 1.807) is 41.7 Å². The second kappa shape index (κ2) is 11.7. The molecule has 0 unspecified atom stereocenters. The molecule has 1 aromatic carbocycles. The van der Waals surface area contributed by atoms with Crippen molar-refractivity contribution < 1.29 is 23.8 Å². The second-order valence-corrected chi connectivity index (χ2v) is 9.89. The summed E-state index contributed by atoms with van der Waals surface area (Å²) in [6, 6.07) is 6.81. The molecular formula is C24H28N4O6S2. The van der Waals surface area contributed by atoms with Gasteiger partial charge in [0.05, 0.1) is 32.1 Å². The van der Waals surface area contributed by atoms with Crippen LogP contribution in [0.5, 0.6) is 11.5 Å². The van der Waals surface area contributed by atoms with E-state index in [4.69, 9.17) is 19.2 Å². The van der Waals surface area contributed by atoms with Crippen molar-refractivity contribution in [3.8, 4) is 11.5 Å². The number of benzene rings is 1. The molecule has 3 heterocycles. The predicted octanol–water partition coefficient (Wildman–Crippen LogP) is 4.00. The maximum absolute atomic E-state index is 13.4. The minimum atomic E-state index is -0.337. The number of ether oxygens (including phenoxy) is 3. The van der Waals surface area contributed by atoms with E-state index in [0.717, 1.165) is 0 Å². The van der Waals surface area contributed by atoms with Crippen LogP contribution in [0.25, 0.3) is 10.2 Å². The van der Waals surface area contributed by atoms with E-state index in [1.807, 2.05) is 11.4 Å². The van der Waals surface area contributed by atoms with Crippen LogP contribution in [-0.2, 0) is 9.53 Å². The molecule has 36 heavy (non-hydrogen) atoms. The number of carbonyl (C=O) groups is 2. The number of nitrogens with zero attached hydrogens (tertiary/aromatic N) is 3. The van der Waals surface area contributed by atoms with Crippen molar-refractivity contribution in [3.05, 3.63) is 40.0 Å². The smallest absolute Gasteiger partial charge is 0.409 e. The number of anilines is 1. The molecule has 2 aromatic heterocycles. The van der Waals surface area contributed by atoms with Gasteiger partial charge in [0.15, 0.2) is 16.7 Å². The highest BCUT2D eigenvalue weighted by atomic mass is 32.2. The van der Waals surface area contributed by atoms with Gasteiger partial charge in [0.2, 0.25) is 5.91 Å². The highest BCUT2D eigenvalue weighted by molar-refractivity contribution is 7.99. The van der Waals surface area contributed by atoms with Crippen LogP contribution in [0.3, 0.4) is 0 Å². The van der Waals surface area contributed by atoms with Crippen LogP contribution < -0.4 is 20.3 Å². The third-order valence-electron chi connectivity index (χ3n) is 5.83. The average Bonchev–Trinajstić information content (AvgIpc) is 3.37. The summed E-state index contributed by atoms with van der Waals surface area (Å²) in [6.07, 6.45) is 0.863. The molecule has 1 aliphatic rings. The summed E-state index contributed by atoms with van der Waals surface area (Å²) >= 11 is 2.57. The third kappa shape index (κ3) is 5.59. The normalized spacial score (nSPS) is 14.0. The number of hydrogen-bond donors (Lipinski definition) is 1. The summed E-state index contributed by atoms with van der Waals surface area (Å²) in [5.74, 6) is 0.903. The Kier molecular flexibility index (Phi) is 8.36. The van der Waals surface area contributed by atoms with Gasteiger partial charge in [-0.1, -0.05) is 11.8 Å². The number of amides is 2. The van der Waals surface area contributed by atoms with Crippen LogP contribution in [0.1, 0.15) is 25.8 Å². The van der Waals surface area contributed by atoms with Crippen LogP contribution in [0.4, 0.5) is 10.5 Å². The lowest BCUT2D eigenvalue weighted by Gasteiger charge is -2.32. The van der Waals surface area contributed by atoms with Gasteiger partial charge in [-0.3, -0.25) is 14.2 Å². The van der Waals surface area contributed by atoms with E-state index >= 15 is 0 Å². The third-order valence-corrected chi connectivity index (χ3v) is 7.68. The molecule has 0 bridgehead atoms. The van der Waals surface area contributed by atoms with Crippen molar-refractivity contribution >= 4 is 51.0 Å². The Morgan fingerprint density at radius 3 is 2.61 bits per heavy atom. The fourth-order valence-corrected chi connectivity index (χ4v) is 5.72. The Morgan fingerprint density at radius 2 is 1.92 bits per heavy atom. The van der Waals surface area contributed by atoms with Gasteiger partial charge in [-0.05, 0) is 43.3 Å². The Labute approximate surface area is 216 Å². The van der Waals surface area contributed by atoms with Crippen LogP contribution >= 0.6 is 23.1 Å². The second-order valence-electron chi connectivity index (χ2n) is 8.03. The summed E-state index contributed by atoms with van der Waals surface area (Å²) < 4.78 is 17.9. The largest absolute Gasteiger partial charge is 0.493 e. The number of carbonyl (C=O) groups excluding carboxylic acids is 2. The fourth-order valence-electron chi connectivity index (χ4n) is 4.09. The molecule has 0 saturated carbocycles. The Balaban J connectivity index is 1.50. The van der Waals surface area contributed by atoms with Gasteiger partial charge in [0.25, 0.3) is 5.56 Å². The Bertz CT molecular complexity index is 1300. The van der Waals surface area contributed by atoms with Crippen LogP contribution in [0, 0.1) is 0 Å². The summed E-state index contributed by atoms with van der Waals surface area (Å²) in [6.45, 7) is 3.07. The fraction of sp³-hybridized carbons (Fsp3) is 0.417. The minimum Gasteiger partial charge on any atom is -0.493 e. The van der Waals surface area contributed by atoms with Crippen molar-refractivity contribution in [1.82, 2.24) is 14.5 Å². The molecular weight excluding hydrogens is 504 g/mol. The first kappa shape index (κ1) is 25.8. The Morgan fingerprint density at radius 1 is 1.17 bits per heavy atom. The lowest BCUT2D eigenvalue weighted by molar-refractivity contribution is -0.113. The number of thioether (sulfide) groups is 1. The predicted molar refractivity (Wildman–Crippen MR) is 140 cm³/mol.